The Bertz CT molecular complexity index is 779. The first-order chi connectivity index (χ1) is 13.2. The molecule has 4 rings (SSSR count). The summed E-state index contributed by atoms with van der Waals surface area (Å²) < 4.78 is 13.5. The molecule has 0 spiro atoms. The monoisotopic (exact) mass is 366 g/mol. The lowest BCUT2D eigenvalue weighted by atomic mass is 9.79. The molecule has 3 nitrogen and oxygen atoms in total. The van der Waals surface area contributed by atoms with E-state index >= 15 is 0 Å². The summed E-state index contributed by atoms with van der Waals surface area (Å²) in [6.07, 6.45) is 4.57. The van der Waals surface area contributed by atoms with E-state index in [0.717, 1.165) is 44.3 Å². The molecule has 3 atom stereocenters. The van der Waals surface area contributed by atoms with Crippen LogP contribution in [-0.4, -0.2) is 36.0 Å². The van der Waals surface area contributed by atoms with Crippen molar-refractivity contribution in [3.05, 3.63) is 71.5 Å². The predicted octanol–water partition coefficient (Wildman–Crippen LogP) is 3.90. The van der Waals surface area contributed by atoms with E-state index in [4.69, 9.17) is 0 Å². The smallest absolute Gasteiger partial charge is 0.227 e. The zero-order valence-corrected chi connectivity index (χ0v) is 15.6. The second kappa shape index (κ2) is 8.22. The molecular formula is C23H27FN2O. The standard InChI is InChI=1S/C23H27FN2O/c24-19-10-6-7-17(15-19)16-22(27)26-14-12-20(18-8-2-1-3-9-18)23-21(26)11-4-5-13-25-23/h1-3,6-10,15,20-21,23,25H,4-5,11-14,16H2/t20-,21-,23-/m1/s1. The van der Waals surface area contributed by atoms with Crippen molar-refractivity contribution in [2.75, 3.05) is 13.1 Å². The Balaban J connectivity index is 1.55. The van der Waals surface area contributed by atoms with E-state index in [-0.39, 0.29) is 24.2 Å². The van der Waals surface area contributed by atoms with Crippen LogP contribution in [0.4, 0.5) is 4.39 Å². The summed E-state index contributed by atoms with van der Waals surface area (Å²) in [7, 11) is 0. The van der Waals surface area contributed by atoms with Crippen LogP contribution in [0.25, 0.3) is 0 Å². The van der Waals surface area contributed by atoms with Crippen molar-refractivity contribution in [3.63, 3.8) is 0 Å². The number of hydrogen-bond donors (Lipinski definition) is 1. The highest BCUT2D eigenvalue weighted by Crippen LogP contribution is 2.35. The number of benzene rings is 2. The van der Waals surface area contributed by atoms with Gasteiger partial charge in [0.05, 0.1) is 6.42 Å². The van der Waals surface area contributed by atoms with Gasteiger partial charge in [-0.15, -0.1) is 0 Å². The molecule has 2 heterocycles. The highest BCUT2D eigenvalue weighted by molar-refractivity contribution is 5.79. The maximum Gasteiger partial charge on any atom is 0.227 e. The van der Waals surface area contributed by atoms with Gasteiger partial charge in [-0.2, -0.15) is 0 Å². The number of likely N-dealkylation sites (tertiary alicyclic amines) is 1. The molecule has 0 aromatic heterocycles. The number of carbonyl (C=O) groups is 1. The molecule has 2 aromatic carbocycles. The van der Waals surface area contributed by atoms with Gasteiger partial charge in [0, 0.05) is 24.5 Å². The second-order valence-corrected chi connectivity index (χ2v) is 7.74. The fourth-order valence-corrected chi connectivity index (χ4v) is 4.75. The number of piperidine rings is 1. The van der Waals surface area contributed by atoms with E-state index in [9.17, 15) is 9.18 Å². The fraction of sp³-hybridized carbons (Fsp3) is 0.435. The molecule has 2 aliphatic heterocycles. The van der Waals surface area contributed by atoms with Crippen molar-refractivity contribution in [2.24, 2.45) is 0 Å². The van der Waals surface area contributed by atoms with Crippen LogP contribution < -0.4 is 5.32 Å². The van der Waals surface area contributed by atoms with E-state index < -0.39 is 0 Å². The topological polar surface area (TPSA) is 32.3 Å². The lowest BCUT2D eigenvalue weighted by Crippen LogP contribution is -2.58. The molecular weight excluding hydrogens is 339 g/mol. The number of nitrogens with zero attached hydrogens (tertiary/aromatic N) is 1. The van der Waals surface area contributed by atoms with Crippen molar-refractivity contribution in [1.82, 2.24) is 10.2 Å². The fourth-order valence-electron chi connectivity index (χ4n) is 4.75. The molecule has 0 radical (unpaired) electrons. The highest BCUT2D eigenvalue weighted by Gasteiger charge is 2.40. The molecule has 1 amide bonds. The number of nitrogens with one attached hydrogen (secondary N) is 1. The molecule has 1 N–H and O–H groups in total. The van der Waals surface area contributed by atoms with E-state index in [1.807, 2.05) is 6.07 Å². The van der Waals surface area contributed by atoms with E-state index in [1.54, 1.807) is 6.07 Å². The lowest BCUT2D eigenvalue weighted by Gasteiger charge is -2.45. The first-order valence-corrected chi connectivity index (χ1v) is 10.0. The molecule has 27 heavy (non-hydrogen) atoms. The highest BCUT2D eigenvalue weighted by atomic mass is 19.1. The van der Waals surface area contributed by atoms with Crippen molar-refractivity contribution >= 4 is 5.91 Å². The lowest BCUT2D eigenvalue weighted by molar-refractivity contribution is -0.135. The number of amides is 1. The first-order valence-electron chi connectivity index (χ1n) is 10.0. The van der Waals surface area contributed by atoms with Crippen LogP contribution in [0.3, 0.4) is 0 Å². The maximum atomic E-state index is 13.5. The van der Waals surface area contributed by atoms with E-state index in [2.05, 4.69) is 40.5 Å². The Morgan fingerprint density at radius 3 is 2.74 bits per heavy atom. The van der Waals surface area contributed by atoms with Gasteiger partial charge in [0.2, 0.25) is 5.91 Å². The van der Waals surface area contributed by atoms with Gasteiger partial charge in [-0.25, -0.2) is 4.39 Å². The van der Waals surface area contributed by atoms with E-state index in [0.29, 0.717) is 12.0 Å². The summed E-state index contributed by atoms with van der Waals surface area (Å²) in [6.45, 7) is 1.78. The number of fused-ring (bicyclic) bond motifs is 1. The van der Waals surface area contributed by atoms with Gasteiger partial charge in [0.1, 0.15) is 5.82 Å². The molecule has 0 aliphatic carbocycles. The van der Waals surface area contributed by atoms with Crippen LogP contribution in [0.5, 0.6) is 0 Å². The largest absolute Gasteiger partial charge is 0.338 e. The Morgan fingerprint density at radius 2 is 1.93 bits per heavy atom. The molecule has 2 aromatic rings. The number of hydrogen-bond acceptors (Lipinski definition) is 2. The minimum absolute atomic E-state index is 0.116. The number of halogens is 1. The summed E-state index contributed by atoms with van der Waals surface area (Å²) in [6, 6.07) is 17.6. The van der Waals surface area contributed by atoms with Gasteiger partial charge in [-0.05, 0) is 49.1 Å². The zero-order valence-electron chi connectivity index (χ0n) is 15.6. The molecule has 0 bridgehead atoms. The summed E-state index contributed by atoms with van der Waals surface area (Å²) in [5.41, 5.74) is 2.11. The van der Waals surface area contributed by atoms with Crippen molar-refractivity contribution < 1.29 is 9.18 Å². The van der Waals surface area contributed by atoms with Gasteiger partial charge < -0.3 is 10.2 Å². The van der Waals surface area contributed by atoms with Crippen molar-refractivity contribution in [1.29, 1.82) is 0 Å². The average Bonchev–Trinajstić information content (AvgIpc) is 2.94. The van der Waals surface area contributed by atoms with Gasteiger partial charge >= 0.3 is 0 Å². The molecule has 142 valence electrons. The molecule has 2 fully saturated rings. The third-order valence-electron chi connectivity index (χ3n) is 6.03. The molecule has 0 unspecified atom stereocenters. The Kier molecular flexibility index (Phi) is 5.53. The summed E-state index contributed by atoms with van der Waals surface area (Å²) in [4.78, 5) is 15.1. The maximum absolute atomic E-state index is 13.5. The molecule has 2 aliphatic rings. The van der Waals surface area contributed by atoms with Crippen LogP contribution in [0.2, 0.25) is 0 Å². The van der Waals surface area contributed by atoms with Crippen LogP contribution in [0.15, 0.2) is 54.6 Å². The van der Waals surface area contributed by atoms with Crippen LogP contribution in [0.1, 0.15) is 42.7 Å². The molecule has 2 saturated heterocycles. The minimum atomic E-state index is -0.280. The van der Waals surface area contributed by atoms with Crippen molar-refractivity contribution in [3.8, 4) is 0 Å². The first kappa shape index (κ1) is 18.2. The molecule has 0 saturated carbocycles. The van der Waals surface area contributed by atoms with Crippen LogP contribution >= 0.6 is 0 Å². The number of rotatable bonds is 3. The van der Waals surface area contributed by atoms with Gasteiger partial charge in [-0.3, -0.25) is 4.79 Å². The van der Waals surface area contributed by atoms with Gasteiger partial charge in [0.25, 0.3) is 0 Å². The SMILES string of the molecule is O=C(Cc1cccc(F)c1)N1CC[C@H](c2ccccc2)[C@H]2NCCCC[C@H]21. The second-order valence-electron chi connectivity index (χ2n) is 7.74. The minimum Gasteiger partial charge on any atom is -0.338 e. The van der Waals surface area contributed by atoms with Crippen molar-refractivity contribution in [2.45, 2.75) is 50.1 Å². The summed E-state index contributed by atoms with van der Waals surface area (Å²) in [5.74, 6) is 0.274. The Labute approximate surface area is 160 Å². The van der Waals surface area contributed by atoms with Gasteiger partial charge in [-0.1, -0.05) is 48.9 Å². The number of carbonyl (C=O) groups excluding carboxylic acids is 1. The average molecular weight is 366 g/mol. The zero-order chi connectivity index (χ0) is 18.6. The van der Waals surface area contributed by atoms with Crippen LogP contribution in [0, 0.1) is 5.82 Å². The third kappa shape index (κ3) is 4.06. The summed E-state index contributed by atoms with van der Waals surface area (Å²) >= 11 is 0. The summed E-state index contributed by atoms with van der Waals surface area (Å²) in [5, 5.41) is 3.74. The van der Waals surface area contributed by atoms with E-state index in [1.165, 1.54) is 17.7 Å². The Hall–Kier alpha value is -2.20. The normalized spacial score (nSPS) is 25.5. The predicted molar refractivity (Wildman–Crippen MR) is 105 cm³/mol. The third-order valence-corrected chi connectivity index (χ3v) is 6.03. The van der Waals surface area contributed by atoms with Gasteiger partial charge in [0.15, 0.2) is 0 Å². The Morgan fingerprint density at radius 1 is 1.07 bits per heavy atom. The molecule has 4 heteroatoms. The van der Waals surface area contributed by atoms with Crippen LogP contribution in [-0.2, 0) is 11.2 Å². The quantitative estimate of drug-likeness (QED) is 0.894.